The summed E-state index contributed by atoms with van der Waals surface area (Å²) in [5.41, 5.74) is 6.08. The summed E-state index contributed by atoms with van der Waals surface area (Å²) in [6, 6.07) is 1.98. The number of nitrogens with two attached hydrogens (primary N) is 1. The van der Waals surface area contributed by atoms with Gasteiger partial charge >= 0.3 is 0 Å². The van der Waals surface area contributed by atoms with E-state index < -0.39 is 11.6 Å². The minimum Gasteiger partial charge on any atom is -0.393 e. The first-order valence-corrected chi connectivity index (χ1v) is 12.1. The highest BCUT2D eigenvalue weighted by Gasteiger charge is 2.30. The van der Waals surface area contributed by atoms with Crippen molar-refractivity contribution < 1.29 is 18.7 Å². The van der Waals surface area contributed by atoms with Gasteiger partial charge in [-0.05, 0) is 57.1 Å². The Hall–Kier alpha value is -3.05. The smallest absolute Gasteiger partial charge is 0.224 e. The highest BCUT2D eigenvalue weighted by molar-refractivity contribution is 6.30. The molecule has 3 aromatic rings. The molecule has 5 rings (SSSR count). The lowest BCUT2D eigenvalue weighted by Crippen LogP contribution is -2.29. The Morgan fingerprint density at radius 1 is 1.11 bits per heavy atom. The van der Waals surface area contributed by atoms with E-state index in [1.54, 1.807) is 6.20 Å². The maximum absolute atomic E-state index is 14.6. The van der Waals surface area contributed by atoms with E-state index in [-0.39, 0.29) is 46.7 Å². The second-order valence-corrected chi connectivity index (χ2v) is 9.73. The Morgan fingerprint density at radius 2 is 1.83 bits per heavy atom. The van der Waals surface area contributed by atoms with Crippen molar-refractivity contribution in [1.29, 1.82) is 0 Å². The van der Waals surface area contributed by atoms with E-state index in [4.69, 9.17) is 17.3 Å². The molecule has 1 unspecified atom stereocenters. The first-order valence-electron chi connectivity index (χ1n) is 11.7. The molecule has 0 bridgehead atoms. The normalized spacial score (nSPS) is 24.6. The van der Waals surface area contributed by atoms with Crippen LogP contribution in [0, 0.1) is 17.6 Å². The summed E-state index contributed by atoms with van der Waals surface area (Å²) in [4.78, 5) is 25.2. The van der Waals surface area contributed by atoms with Crippen LogP contribution in [0.3, 0.4) is 0 Å². The summed E-state index contributed by atoms with van der Waals surface area (Å²) in [6.07, 6.45) is 5.79. The number of amides is 1. The molecule has 5 N–H and O–H groups in total. The Bertz CT molecular complexity index is 1240. The zero-order valence-corrected chi connectivity index (χ0v) is 19.6. The van der Waals surface area contributed by atoms with Crippen LogP contribution in [0.4, 0.5) is 26.4 Å². The van der Waals surface area contributed by atoms with Crippen LogP contribution in [0.1, 0.15) is 51.0 Å². The molecule has 0 spiro atoms. The summed E-state index contributed by atoms with van der Waals surface area (Å²) in [5.74, 6) is -1.62. The van der Waals surface area contributed by atoms with Crippen molar-refractivity contribution in [3.8, 4) is 0 Å². The van der Waals surface area contributed by atoms with E-state index >= 15 is 0 Å². The Balaban J connectivity index is 1.52. The van der Waals surface area contributed by atoms with Crippen LogP contribution in [0.15, 0.2) is 18.3 Å². The molecule has 2 saturated carbocycles. The van der Waals surface area contributed by atoms with Crippen molar-refractivity contribution in [2.45, 2.75) is 63.1 Å². The van der Waals surface area contributed by atoms with Gasteiger partial charge in [-0.15, -0.1) is 0 Å². The quantitative estimate of drug-likeness (QED) is 0.397. The summed E-state index contributed by atoms with van der Waals surface area (Å²) < 4.78 is 30.9. The molecule has 2 aromatic heterocycles. The van der Waals surface area contributed by atoms with Gasteiger partial charge in [0.05, 0.1) is 12.3 Å². The number of anilines is 3. The van der Waals surface area contributed by atoms with Crippen molar-refractivity contribution in [3.63, 3.8) is 0 Å². The van der Waals surface area contributed by atoms with E-state index in [2.05, 4.69) is 25.6 Å². The zero-order chi connectivity index (χ0) is 24.7. The molecule has 1 aromatic carbocycles. The lowest BCUT2D eigenvalue weighted by Gasteiger charge is -2.29. The Kier molecular flexibility index (Phi) is 6.45. The number of rotatable bonds is 6. The summed E-state index contributed by atoms with van der Waals surface area (Å²) in [7, 11) is 0. The fourth-order valence-corrected chi connectivity index (χ4v) is 5.25. The van der Waals surface area contributed by atoms with Crippen LogP contribution in [0.25, 0.3) is 11.2 Å². The number of aliphatic hydroxyl groups excluding tert-OH is 1. The molecule has 0 aliphatic heterocycles. The third kappa shape index (κ3) is 4.87. The second kappa shape index (κ2) is 9.54. The lowest BCUT2D eigenvalue weighted by molar-refractivity contribution is -0.122. The summed E-state index contributed by atoms with van der Waals surface area (Å²) >= 11 is 5.77. The number of benzene rings is 1. The molecule has 1 amide bonds. The van der Waals surface area contributed by atoms with Crippen LogP contribution in [-0.4, -0.2) is 42.7 Å². The number of carbonyl (C=O) groups is 1. The van der Waals surface area contributed by atoms with Gasteiger partial charge in [-0.3, -0.25) is 9.36 Å². The topological polar surface area (TPSA) is 131 Å². The minimum atomic E-state index is -0.848. The molecule has 0 radical (unpaired) electrons. The summed E-state index contributed by atoms with van der Waals surface area (Å²) in [6.45, 7) is 0. The molecule has 0 saturated heterocycles. The molecule has 2 aliphatic rings. The fourth-order valence-electron chi connectivity index (χ4n) is 5.06. The molecule has 2 atom stereocenters. The van der Waals surface area contributed by atoms with Crippen LogP contribution in [-0.2, 0) is 4.79 Å². The maximum atomic E-state index is 14.6. The third-order valence-corrected chi connectivity index (χ3v) is 7.10. The number of fused-ring (bicyclic) bond motifs is 1. The molecule has 12 heteroatoms. The van der Waals surface area contributed by atoms with Crippen LogP contribution < -0.4 is 16.4 Å². The highest BCUT2D eigenvalue weighted by Crippen LogP contribution is 2.38. The van der Waals surface area contributed by atoms with E-state index in [9.17, 15) is 18.7 Å². The Morgan fingerprint density at radius 3 is 2.46 bits per heavy atom. The van der Waals surface area contributed by atoms with E-state index in [1.807, 2.05) is 4.57 Å². The number of imidazole rings is 1. The number of carbonyl (C=O) groups excluding carboxylic acids is 1. The van der Waals surface area contributed by atoms with E-state index in [0.717, 1.165) is 18.6 Å². The van der Waals surface area contributed by atoms with Gasteiger partial charge in [0.25, 0.3) is 0 Å². The van der Waals surface area contributed by atoms with Crippen molar-refractivity contribution in [3.05, 3.63) is 35.0 Å². The molecular weight excluding hydrogens is 480 g/mol. The minimum absolute atomic E-state index is 0.0533. The van der Waals surface area contributed by atoms with Crippen molar-refractivity contribution in [1.82, 2.24) is 19.5 Å². The fraction of sp³-hybridized carbons (Fsp3) is 0.478. The third-order valence-electron chi connectivity index (χ3n) is 6.88. The molecular formula is C23H26ClF2N7O2. The Labute approximate surface area is 205 Å². The summed E-state index contributed by atoms with van der Waals surface area (Å²) in [5, 5.41) is 15.8. The number of primary amides is 1. The van der Waals surface area contributed by atoms with Crippen LogP contribution in [0.5, 0.6) is 0 Å². The predicted molar refractivity (Wildman–Crippen MR) is 127 cm³/mol. The van der Waals surface area contributed by atoms with Crippen molar-refractivity contribution in [2.75, 3.05) is 10.6 Å². The number of nitrogens with zero attached hydrogens (tertiary/aromatic N) is 4. The standard InChI is InChI=1S/C23H26ClF2N7O2/c24-12-7-16(25)19(17(26)8-12)31-23-30-18-10-28-22(29-13-3-6-15(34)9-13)32-21(18)33(23)14-4-1-11(2-5-14)20(27)35/h7-8,10-11,13-15,34H,1-6,9H2,(H2,27,35)(H,30,31)(H,28,29,32)/t11?,13?,14?,15-/m0/s1. The number of hydrogen-bond donors (Lipinski definition) is 4. The number of aromatic nitrogens is 4. The average Bonchev–Trinajstić information content (AvgIpc) is 3.38. The maximum Gasteiger partial charge on any atom is 0.224 e. The van der Waals surface area contributed by atoms with Gasteiger partial charge < -0.3 is 21.5 Å². The van der Waals surface area contributed by atoms with Crippen molar-refractivity contribution in [2.24, 2.45) is 11.7 Å². The number of hydrogen-bond acceptors (Lipinski definition) is 7. The van der Waals surface area contributed by atoms with Gasteiger partial charge in [0.1, 0.15) is 11.2 Å². The van der Waals surface area contributed by atoms with Crippen molar-refractivity contribution >= 4 is 46.3 Å². The zero-order valence-electron chi connectivity index (χ0n) is 18.8. The van der Waals surface area contributed by atoms with Gasteiger partial charge in [0, 0.05) is 23.0 Å². The van der Waals surface area contributed by atoms with E-state index in [1.165, 1.54) is 0 Å². The van der Waals surface area contributed by atoms with Gasteiger partial charge in [-0.2, -0.15) is 4.98 Å². The lowest BCUT2D eigenvalue weighted by atomic mass is 9.85. The molecule has 35 heavy (non-hydrogen) atoms. The first-order chi connectivity index (χ1) is 16.8. The molecule has 2 aliphatic carbocycles. The number of nitrogens with one attached hydrogen (secondary N) is 2. The molecule has 186 valence electrons. The van der Waals surface area contributed by atoms with Gasteiger partial charge in [-0.1, -0.05) is 11.6 Å². The predicted octanol–water partition coefficient (Wildman–Crippen LogP) is 4.04. The SMILES string of the molecule is NC(=O)C1CCC(n2c(Nc3c(F)cc(Cl)cc3F)nc3cnc(NC4CC[C@H](O)C4)nc32)CC1. The van der Waals surface area contributed by atoms with E-state index in [0.29, 0.717) is 55.6 Å². The molecule has 9 nitrogen and oxygen atoms in total. The van der Waals surface area contributed by atoms with Gasteiger partial charge in [0.2, 0.25) is 17.8 Å². The first kappa shape index (κ1) is 23.7. The van der Waals surface area contributed by atoms with Crippen LogP contribution >= 0.6 is 11.6 Å². The second-order valence-electron chi connectivity index (χ2n) is 9.29. The van der Waals surface area contributed by atoms with Crippen LogP contribution in [0.2, 0.25) is 5.02 Å². The largest absolute Gasteiger partial charge is 0.393 e. The van der Waals surface area contributed by atoms with Gasteiger partial charge in [-0.25, -0.2) is 18.7 Å². The molecule has 2 heterocycles. The average molecular weight is 506 g/mol. The van der Waals surface area contributed by atoms with Gasteiger partial charge in [0.15, 0.2) is 17.3 Å². The monoisotopic (exact) mass is 505 g/mol. The highest BCUT2D eigenvalue weighted by atomic mass is 35.5. The number of halogens is 3. The number of aliphatic hydroxyl groups is 1. The molecule has 2 fully saturated rings.